The molecule has 3 nitrogen and oxygen atoms in total. The Morgan fingerprint density at radius 3 is 2.53 bits per heavy atom. The summed E-state index contributed by atoms with van der Waals surface area (Å²) in [6.07, 6.45) is 0.605. The largest absolute Gasteiger partial charge is 0.355 e. The van der Waals surface area contributed by atoms with Crippen molar-refractivity contribution in [1.82, 2.24) is 5.32 Å². The van der Waals surface area contributed by atoms with E-state index in [0.29, 0.717) is 18.5 Å². The molecule has 0 aromatic heterocycles. The molecule has 1 fully saturated rings. The van der Waals surface area contributed by atoms with Crippen LogP contribution >= 0.6 is 15.9 Å². The van der Waals surface area contributed by atoms with Crippen molar-refractivity contribution in [1.29, 1.82) is 0 Å². The fourth-order valence-electron chi connectivity index (χ4n) is 1.66. The molecule has 0 aliphatic carbocycles. The number of carbonyl (C=O) groups is 2. The van der Waals surface area contributed by atoms with E-state index < -0.39 is 5.92 Å². The Morgan fingerprint density at radius 2 is 2.00 bits per heavy atom. The molecule has 1 atom stereocenters. The van der Waals surface area contributed by atoms with Crippen molar-refractivity contribution in [3.05, 3.63) is 34.3 Å². The first kappa shape index (κ1) is 10.4. The van der Waals surface area contributed by atoms with Gasteiger partial charge in [-0.3, -0.25) is 9.59 Å². The first-order valence-corrected chi connectivity index (χ1v) is 5.55. The molecule has 15 heavy (non-hydrogen) atoms. The minimum atomic E-state index is -0.494. The SMILES string of the molecule is O=C1NCC[C@H]1C(=O)c1ccc(Br)cc1. The van der Waals surface area contributed by atoms with E-state index in [1.54, 1.807) is 24.3 Å². The lowest BCUT2D eigenvalue weighted by atomic mass is 9.96. The van der Waals surface area contributed by atoms with E-state index in [4.69, 9.17) is 0 Å². The molecule has 0 saturated carbocycles. The lowest BCUT2D eigenvalue weighted by Gasteiger charge is -2.05. The highest BCUT2D eigenvalue weighted by atomic mass is 79.9. The number of benzene rings is 1. The summed E-state index contributed by atoms with van der Waals surface area (Å²) >= 11 is 3.30. The predicted molar refractivity (Wildman–Crippen MR) is 59.6 cm³/mol. The molecule has 4 heteroatoms. The number of nitrogens with one attached hydrogen (secondary N) is 1. The normalized spacial score (nSPS) is 20.1. The van der Waals surface area contributed by atoms with Gasteiger partial charge in [0, 0.05) is 16.6 Å². The quantitative estimate of drug-likeness (QED) is 0.656. The van der Waals surface area contributed by atoms with Gasteiger partial charge in [-0.25, -0.2) is 0 Å². The van der Waals surface area contributed by atoms with Gasteiger partial charge < -0.3 is 5.32 Å². The maximum atomic E-state index is 11.9. The Balaban J connectivity index is 2.20. The van der Waals surface area contributed by atoms with E-state index in [1.165, 1.54) is 0 Å². The van der Waals surface area contributed by atoms with E-state index in [-0.39, 0.29) is 11.7 Å². The second-order valence-corrected chi connectivity index (χ2v) is 4.42. The van der Waals surface area contributed by atoms with Crippen molar-refractivity contribution < 1.29 is 9.59 Å². The molecule has 1 amide bonds. The van der Waals surface area contributed by atoms with Gasteiger partial charge in [-0.05, 0) is 18.6 Å². The average Bonchev–Trinajstić information content (AvgIpc) is 2.65. The highest BCUT2D eigenvalue weighted by Gasteiger charge is 2.31. The smallest absolute Gasteiger partial charge is 0.231 e. The molecular formula is C11H10BrNO2. The van der Waals surface area contributed by atoms with Gasteiger partial charge in [0.05, 0.1) is 0 Å². The van der Waals surface area contributed by atoms with Crippen LogP contribution in [0.25, 0.3) is 0 Å². The van der Waals surface area contributed by atoms with Gasteiger partial charge in [-0.15, -0.1) is 0 Å². The average molecular weight is 268 g/mol. The third-order valence-electron chi connectivity index (χ3n) is 2.49. The molecule has 1 aliphatic heterocycles. The van der Waals surface area contributed by atoms with Crippen molar-refractivity contribution >= 4 is 27.6 Å². The molecule has 0 spiro atoms. The zero-order chi connectivity index (χ0) is 10.8. The maximum Gasteiger partial charge on any atom is 0.231 e. The molecule has 0 unspecified atom stereocenters. The molecule has 1 N–H and O–H groups in total. The van der Waals surface area contributed by atoms with Crippen LogP contribution in [0, 0.1) is 5.92 Å². The number of ketones is 1. The van der Waals surface area contributed by atoms with Gasteiger partial charge in [0.2, 0.25) is 5.91 Å². The van der Waals surface area contributed by atoms with Crippen LogP contribution in [0.15, 0.2) is 28.7 Å². The van der Waals surface area contributed by atoms with Crippen molar-refractivity contribution in [2.24, 2.45) is 5.92 Å². The number of hydrogen-bond acceptors (Lipinski definition) is 2. The molecule has 1 aromatic rings. The minimum Gasteiger partial charge on any atom is -0.355 e. The van der Waals surface area contributed by atoms with Gasteiger partial charge in [-0.2, -0.15) is 0 Å². The Bertz CT molecular complexity index is 400. The summed E-state index contributed by atoms with van der Waals surface area (Å²) in [4.78, 5) is 23.2. The van der Waals surface area contributed by atoms with Crippen molar-refractivity contribution in [2.75, 3.05) is 6.54 Å². The predicted octanol–water partition coefficient (Wildman–Crippen LogP) is 1.77. The summed E-state index contributed by atoms with van der Waals surface area (Å²) in [5.41, 5.74) is 0.597. The number of Topliss-reactive ketones (excluding diaryl/α,β-unsaturated/α-hetero) is 1. The highest BCUT2D eigenvalue weighted by molar-refractivity contribution is 9.10. The summed E-state index contributed by atoms with van der Waals surface area (Å²) in [7, 11) is 0. The summed E-state index contributed by atoms with van der Waals surface area (Å²) in [6.45, 7) is 0.603. The van der Waals surface area contributed by atoms with Crippen LogP contribution in [-0.2, 0) is 4.79 Å². The topological polar surface area (TPSA) is 46.2 Å². The van der Waals surface area contributed by atoms with E-state index in [0.717, 1.165) is 4.47 Å². The lowest BCUT2D eigenvalue weighted by molar-refractivity contribution is -0.121. The molecule has 2 rings (SSSR count). The first-order valence-electron chi connectivity index (χ1n) is 4.76. The highest BCUT2D eigenvalue weighted by Crippen LogP contribution is 2.18. The van der Waals surface area contributed by atoms with E-state index in [2.05, 4.69) is 21.2 Å². The maximum absolute atomic E-state index is 11.9. The van der Waals surface area contributed by atoms with E-state index >= 15 is 0 Å². The molecule has 0 bridgehead atoms. The molecule has 1 saturated heterocycles. The summed E-state index contributed by atoms with van der Waals surface area (Å²) < 4.78 is 0.926. The molecule has 78 valence electrons. The molecule has 1 heterocycles. The summed E-state index contributed by atoms with van der Waals surface area (Å²) in [6, 6.07) is 7.08. The van der Waals surface area contributed by atoms with Gasteiger partial charge in [0.25, 0.3) is 0 Å². The molecule has 1 aromatic carbocycles. The van der Waals surface area contributed by atoms with Gasteiger partial charge in [0.1, 0.15) is 5.92 Å². The molecule has 0 radical (unpaired) electrons. The van der Waals surface area contributed by atoms with Crippen LogP contribution in [0.5, 0.6) is 0 Å². The number of carbonyl (C=O) groups excluding carboxylic acids is 2. The van der Waals surface area contributed by atoms with Crippen LogP contribution < -0.4 is 5.32 Å². The van der Waals surface area contributed by atoms with Crippen molar-refractivity contribution in [2.45, 2.75) is 6.42 Å². The zero-order valence-electron chi connectivity index (χ0n) is 8.00. The third-order valence-corrected chi connectivity index (χ3v) is 3.02. The number of amides is 1. The summed E-state index contributed by atoms with van der Waals surface area (Å²) in [5, 5.41) is 2.66. The fraction of sp³-hybridized carbons (Fsp3) is 0.273. The Hall–Kier alpha value is -1.16. The summed E-state index contributed by atoms with van der Waals surface area (Å²) in [5.74, 6) is -0.730. The lowest BCUT2D eigenvalue weighted by Crippen LogP contribution is -2.25. The number of rotatable bonds is 2. The Morgan fingerprint density at radius 1 is 1.33 bits per heavy atom. The second kappa shape index (κ2) is 4.14. The Kier molecular flexibility index (Phi) is 2.86. The molecule has 1 aliphatic rings. The third kappa shape index (κ3) is 2.09. The standard InChI is InChI=1S/C11H10BrNO2/c12-8-3-1-7(2-4-8)10(14)9-5-6-13-11(9)15/h1-4,9H,5-6H2,(H,13,15)/t9-/m0/s1. The van der Waals surface area contributed by atoms with Crippen LogP contribution in [0.1, 0.15) is 16.8 Å². The first-order chi connectivity index (χ1) is 7.18. The van der Waals surface area contributed by atoms with Crippen LogP contribution in [0.2, 0.25) is 0 Å². The van der Waals surface area contributed by atoms with E-state index in [1.807, 2.05) is 0 Å². The second-order valence-electron chi connectivity index (χ2n) is 3.50. The number of halogens is 1. The van der Waals surface area contributed by atoms with Crippen molar-refractivity contribution in [3.8, 4) is 0 Å². The fourth-order valence-corrected chi connectivity index (χ4v) is 1.92. The van der Waals surface area contributed by atoms with E-state index in [9.17, 15) is 9.59 Å². The van der Waals surface area contributed by atoms with Crippen LogP contribution in [0.4, 0.5) is 0 Å². The Labute approximate surface area is 96.0 Å². The van der Waals surface area contributed by atoms with Gasteiger partial charge >= 0.3 is 0 Å². The van der Waals surface area contributed by atoms with Crippen LogP contribution in [-0.4, -0.2) is 18.2 Å². The number of hydrogen-bond donors (Lipinski definition) is 1. The van der Waals surface area contributed by atoms with Crippen molar-refractivity contribution in [3.63, 3.8) is 0 Å². The van der Waals surface area contributed by atoms with Gasteiger partial charge in [-0.1, -0.05) is 28.1 Å². The van der Waals surface area contributed by atoms with Crippen LogP contribution in [0.3, 0.4) is 0 Å². The zero-order valence-corrected chi connectivity index (χ0v) is 9.58. The monoisotopic (exact) mass is 267 g/mol. The van der Waals surface area contributed by atoms with Gasteiger partial charge in [0.15, 0.2) is 5.78 Å². The minimum absolute atomic E-state index is 0.0856. The molecular weight excluding hydrogens is 258 g/mol.